The molecule has 5 N–H and O–H groups in total. The quantitative estimate of drug-likeness (QED) is 0.0487. The maximum absolute atomic E-state index is 12.5. The molecule has 4 aromatic carbocycles. The number of sulfonamides is 4. The van der Waals surface area contributed by atoms with Crippen molar-refractivity contribution in [1.29, 1.82) is 0 Å². The van der Waals surface area contributed by atoms with Gasteiger partial charge in [0.15, 0.2) is 0 Å². The van der Waals surface area contributed by atoms with Crippen LogP contribution >= 0.6 is 0 Å². The van der Waals surface area contributed by atoms with E-state index >= 15 is 0 Å². The molecule has 9 rings (SSSR count). The highest BCUT2D eigenvalue weighted by Crippen LogP contribution is 2.36. The van der Waals surface area contributed by atoms with E-state index in [-0.39, 0.29) is 68.1 Å². The normalized spacial score (nSPS) is 20.3. The van der Waals surface area contributed by atoms with E-state index in [4.69, 9.17) is 33.2 Å². The molecule has 26 nitrogen and oxygen atoms in total. The van der Waals surface area contributed by atoms with E-state index in [1.807, 2.05) is 10.8 Å². The molecular weight excluding hydrogens is 1450 g/mol. The Hall–Kier alpha value is -6.65. The summed E-state index contributed by atoms with van der Waals surface area (Å²) in [6, 6.07) is 15.0. The number of hydrogen-bond acceptors (Lipinski definition) is 20. The van der Waals surface area contributed by atoms with E-state index in [0.29, 0.717) is 46.1 Å². The van der Waals surface area contributed by atoms with Crippen LogP contribution in [-0.2, 0) is 73.3 Å². The number of carbonyl (C=O) groups excluding carboxylic acids is 1. The topological polar surface area (TPSA) is 343 Å². The van der Waals surface area contributed by atoms with Crippen molar-refractivity contribution in [3.05, 3.63) is 121 Å². The number of alkyl halides is 12. The van der Waals surface area contributed by atoms with Crippen molar-refractivity contribution in [2.45, 2.75) is 121 Å². The van der Waals surface area contributed by atoms with E-state index in [1.165, 1.54) is 32.5 Å². The van der Waals surface area contributed by atoms with Gasteiger partial charge in [0, 0.05) is 33.8 Å². The largest absolute Gasteiger partial charge is 0.573 e. The standard InChI is InChI=1S/C13H14F3NO5S.C13H16F3NO4S.C13H14F3NO4S.C10H16O4.C8H8F3NO3S.2H2O/c1-17(10-6-20-7-11-12(10)21-11)23(18,19)9-4-2-8(3-5-9)22-13(14,15)16;2*1-17(10-3-2-8-20-9-10)22(18,19)12-6-4-11(5-7-12)21-13(14,15)16;1-10(2,3)14-9(11)13-8-5-4-6-12-7-8;1-12-16(13,14)7-4-2-6(3-5-7)15-8(9,10)11;;/h2-5,10-12H,6-7H2,1H3;4-7,10H,2-3,8-9H2,1H3;2-7,10H,8-9H2,1H3;4-5,8H,6-7H2,1-3H3;2-5,12H,1H3;2*1H2/t10-,11?,12-;10-;;;;;/m01...../s1. The highest BCUT2D eigenvalue weighted by molar-refractivity contribution is 7.90. The van der Waals surface area contributed by atoms with Gasteiger partial charge in [0.2, 0.25) is 40.1 Å². The van der Waals surface area contributed by atoms with Crippen molar-refractivity contribution in [2.75, 3.05) is 81.0 Å². The molecule has 4 aromatic rings. The Labute approximate surface area is 561 Å². The zero-order chi connectivity index (χ0) is 72.6. The summed E-state index contributed by atoms with van der Waals surface area (Å²) in [5.74, 6) is -1.89. The molecule has 5 heterocycles. The third-order valence-electron chi connectivity index (χ3n) is 13.3. The van der Waals surface area contributed by atoms with Gasteiger partial charge in [-0.2, -0.15) is 12.9 Å². The van der Waals surface area contributed by atoms with Gasteiger partial charge in [-0.05, 0) is 144 Å². The first-order chi connectivity index (χ1) is 44.8. The molecule has 5 aliphatic rings. The second kappa shape index (κ2) is 36.3. The summed E-state index contributed by atoms with van der Waals surface area (Å²) in [5, 5.41) is 0. The number of halogens is 12. The predicted octanol–water partition coefficient (Wildman–Crippen LogP) is 7.65. The van der Waals surface area contributed by atoms with E-state index in [9.17, 15) is 91.2 Å². The van der Waals surface area contributed by atoms with Gasteiger partial charge in [-0.15, -0.1) is 52.7 Å². The molecule has 0 saturated carbocycles. The fraction of sp³-hybridized carbons (Fsp3) is 0.491. The van der Waals surface area contributed by atoms with Crippen molar-refractivity contribution in [1.82, 2.24) is 17.6 Å². The van der Waals surface area contributed by atoms with Gasteiger partial charge in [0.05, 0.1) is 77.9 Å². The summed E-state index contributed by atoms with van der Waals surface area (Å²) < 4.78 is 298. The van der Waals surface area contributed by atoms with Gasteiger partial charge in [0.25, 0.3) is 0 Å². The van der Waals surface area contributed by atoms with Gasteiger partial charge >= 0.3 is 31.6 Å². The average molecular weight is 1520 g/mol. The van der Waals surface area contributed by atoms with Gasteiger partial charge in [-0.1, -0.05) is 18.2 Å². The molecule has 560 valence electrons. The second-order valence-corrected chi connectivity index (χ2v) is 29.5. The maximum atomic E-state index is 12.5. The minimum Gasteiger partial charge on any atom is -0.429 e. The molecule has 99 heavy (non-hydrogen) atoms. The summed E-state index contributed by atoms with van der Waals surface area (Å²) >= 11 is 0. The van der Waals surface area contributed by atoms with Gasteiger partial charge in [0.1, 0.15) is 46.9 Å². The van der Waals surface area contributed by atoms with Crippen molar-refractivity contribution in [3.63, 3.8) is 0 Å². The minimum atomic E-state index is -4.82. The number of benzene rings is 4. The highest BCUT2D eigenvalue weighted by atomic mass is 32.2. The van der Waals surface area contributed by atoms with Crippen LogP contribution in [0.4, 0.5) is 57.5 Å². The first-order valence-electron chi connectivity index (χ1n) is 28.3. The average Bonchev–Trinajstić information content (AvgIpc) is 1.62. The lowest BCUT2D eigenvalue weighted by molar-refractivity contribution is -0.275. The maximum Gasteiger partial charge on any atom is 0.573 e. The van der Waals surface area contributed by atoms with Crippen LogP contribution in [0.25, 0.3) is 0 Å². The van der Waals surface area contributed by atoms with Gasteiger partial charge in [-0.3, -0.25) is 0 Å². The molecular formula is C57H72F12N4O22S4. The first kappa shape index (κ1) is 86.6. The zero-order valence-electron chi connectivity index (χ0n) is 53.3. The minimum absolute atomic E-state index is 0. The number of epoxide rings is 1. The molecule has 42 heteroatoms. The summed E-state index contributed by atoms with van der Waals surface area (Å²) in [5.41, 5.74) is -0.518. The molecule has 6 atom stereocenters. The Balaban J connectivity index is 0.000000324. The lowest BCUT2D eigenvalue weighted by Gasteiger charge is -2.30. The molecule has 0 bridgehead atoms. The molecule has 0 aromatic heterocycles. The first-order valence-corrected chi connectivity index (χ1v) is 34.1. The number of rotatable bonds is 16. The summed E-state index contributed by atoms with van der Waals surface area (Å²) in [4.78, 5) is 10.7. The van der Waals surface area contributed by atoms with Crippen LogP contribution in [0, 0.1) is 0 Å². The van der Waals surface area contributed by atoms with Crippen LogP contribution in [0.1, 0.15) is 33.6 Å². The number of ether oxygens (including phenoxy) is 11. The zero-order valence-corrected chi connectivity index (χ0v) is 56.5. The number of nitrogens with zero attached hydrogens (tertiary/aromatic N) is 3. The van der Waals surface area contributed by atoms with Gasteiger partial charge in [-0.25, -0.2) is 43.2 Å². The number of carbonyl (C=O) groups is 1. The van der Waals surface area contributed by atoms with E-state index < -0.39 is 112 Å². The summed E-state index contributed by atoms with van der Waals surface area (Å²) in [6.45, 7) is 8.58. The fourth-order valence-electron chi connectivity index (χ4n) is 8.52. The van der Waals surface area contributed by atoms with Crippen molar-refractivity contribution < 1.29 is 154 Å². The van der Waals surface area contributed by atoms with Crippen molar-refractivity contribution >= 4 is 46.2 Å². The Morgan fingerprint density at radius 1 is 0.495 bits per heavy atom. The predicted molar refractivity (Wildman–Crippen MR) is 323 cm³/mol. The smallest absolute Gasteiger partial charge is 0.429 e. The number of fused-ring (bicyclic) bond motifs is 1. The molecule has 5 aliphatic heterocycles. The number of nitrogens with one attached hydrogen (secondary N) is 1. The van der Waals surface area contributed by atoms with Crippen molar-refractivity contribution in [3.8, 4) is 23.0 Å². The lowest BCUT2D eigenvalue weighted by Crippen LogP contribution is -2.46. The van der Waals surface area contributed by atoms with Gasteiger partial charge < -0.3 is 63.1 Å². The molecule has 3 unspecified atom stereocenters. The van der Waals surface area contributed by atoms with E-state index in [2.05, 4.69) is 18.9 Å². The molecule has 0 spiro atoms. The third kappa shape index (κ3) is 28.7. The van der Waals surface area contributed by atoms with Crippen LogP contribution in [0.5, 0.6) is 23.0 Å². The van der Waals surface area contributed by atoms with Crippen LogP contribution in [-0.4, -0.2) is 212 Å². The lowest BCUT2D eigenvalue weighted by atomic mass is 10.1. The van der Waals surface area contributed by atoms with Crippen LogP contribution in [0.15, 0.2) is 141 Å². The summed E-state index contributed by atoms with van der Waals surface area (Å²) in [6.07, 6.45) is -12.0. The fourth-order valence-corrected chi connectivity index (χ4v) is 13.3. The number of likely N-dealkylation sites (N-methyl/N-ethyl adjacent to an activating group) is 3. The third-order valence-corrected chi connectivity index (χ3v) is 20.5. The number of hydrogen-bond donors (Lipinski definition) is 1. The molecule has 0 amide bonds. The molecule has 0 radical (unpaired) electrons. The van der Waals surface area contributed by atoms with Crippen LogP contribution in [0.2, 0.25) is 0 Å². The highest BCUT2D eigenvalue weighted by Gasteiger charge is 2.52. The monoisotopic (exact) mass is 1520 g/mol. The Morgan fingerprint density at radius 3 is 1.24 bits per heavy atom. The SMILES string of the molecule is CC(C)(C)OC(=O)OC1C=CCOC1.CN(C1C=CCOC1)S(=O)(=O)c1ccc(OC(F)(F)F)cc1.CN([C@@H]1CCCOC1)S(=O)(=O)c1ccc(OC(F)(F)F)cc1.CN([C@H]1COCC2O[C@H]21)S(=O)(=O)c1ccc(OC(F)(F)F)cc1.CNS(=O)(=O)c1ccc(OC(F)(F)F)cc1.O.O. The summed E-state index contributed by atoms with van der Waals surface area (Å²) in [7, 11) is -9.70. The Morgan fingerprint density at radius 2 is 0.889 bits per heavy atom. The van der Waals surface area contributed by atoms with Crippen molar-refractivity contribution in [2.24, 2.45) is 0 Å². The second-order valence-electron chi connectivity index (χ2n) is 21.6. The molecule has 0 aliphatic carbocycles. The Kier molecular flexibility index (Phi) is 31.7. The molecule has 3 fully saturated rings. The van der Waals surface area contributed by atoms with E-state index in [1.54, 1.807) is 39.0 Å². The van der Waals surface area contributed by atoms with Crippen LogP contribution in [0.3, 0.4) is 0 Å². The Bertz CT molecular complexity index is 3700. The molecule has 3 saturated heterocycles. The van der Waals surface area contributed by atoms with Crippen LogP contribution < -0.4 is 23.7 Å². The van der Waals surface area contributed by atoms with E-state index in [0.717, 1.165) is 112 Å².